The van der Waals surface area contributed by atoms with E-state index in [1.165, 1.54) is 38.5 Å². The Labute approximate surface area is 99.6 Å². The fourth-order valence-corrected chi connectivity index (χ4v) is 1.96. The largest absolute Gasteiger partial charge is 0.303 e. The van der Waals surface area contributed by atoms with E-state index in [4.69, 9.17) is 11.6 Å². The first-order chi connectivity index (χ1) is 7.35. The van der Waals surface area contributed by atoms with Crippen molar-refractivity contribution >= 4 is 17.9 Å². The van der Waals surface area contributed by atoms with Gasteiger partial charge in [-0.1, -0.05) is 45.4 Å². The molecule has 0 aliphatic heterocycles. The molecular formula is C13H25ClO. The van der Waals surface area contributed by atoms with Crippen molar-refractivity contribution in [2.24, 2.45) is 5.92 Å². The summed E-state index contributed by atoms with van der Waals surface area (Å²) < 4.78 is 0. The topological polar surface area (TPSA) is 17.1 Å². The standard InChI is InChI=1S/C13H25ClO/c1-2-3-4-5-6-7-9-13(12-15)10-8-11-14/h12-13H,2-11H2,1H3. The van der Waals surface area contributed by atoms with Crippen LogP contribution in [0, 0.1) is 5.92 Å². The maximum Gasteiger partial charge on any atom is 0.123 e. The fourth-order valence-electron chi connectivity index (χ4n) is 1.81. The third-order valence-electron chi connectivity index (χ3n) is 2.83. The second-order valence-corrected chi connectivity index (χ2v) is 4.66. The van der Waals surface area contributed by atoms with E-state index in [2.05, 4.69) is 6.92 Å². The summed E-state index contributed by atoms with van der Waals surface area (Å²) in [7, 11) is 0. The number of rotatable bonds is 11. The first kappa shape index (κ1) is 15.0. The smallest absolute Gasteiger partial charge is 0.123 e. The normalized spacial score (nSPS) is 12.7. The number of hydrogen-bond acceptors (Lipinski definition) is 1. The van der Waals surface area contributed by atoms with Crippen molar-refractivity contribution in [3.8, 4) is 0 Å². The Balaban J connectivity index is 3.26. The highest BCUT2D eigenvalue weighted by atomic mass is 35.5. The van der Waals surface area contributed by atoms with E-state index in [0.717, 1.165) is 25.5 Å². The van der Waals surface area contributed by atoms with Gasteiger partial charge in [-0.3, -0.25) is 0 Å². The van der Waals surface area contributed by atoms with Gasteiger partial charge in [0.25, 0.3) is 0 Å². The summed E-state index contributed by atoms with van der Waals surface area (Å²) in [5.41, 5.74) is 0. The van der Waals surface area contributed by atoms with E-state index in [-0.39, 0.29) is 5.92 Å². The number of hydrogen-bond donors (Lipinski definition) is 0. The molecule has 1 nitrogen and oxygen atoms in total. The van der Waals surface area contributed by atoms with Gasteiger partial charge >= 0.3 is 0 Å². The molecule has 0 saturated heterocycles. The molecule has 15 heavy (non-hydrogen) atoms. The third-order valence-corrected chi connectivity index (χ3v) is 3.10. The summed E-state index contributed by atoms with van der Waals surface area (Å²) in [5.74, 6) is 0.941. The minimum Gasteiger partial charge on any atom is -0.303 e. The molecule has 2 heteroatoms. The van der Waals surface area contributed by atoms with Gasteiger partial charge in [0, 0.05) is 11.8 Å². The zero-order valence-corrected chi connectivity index (χ0v) is 10.8. The van der Waals surface area contributed by atoms with Gasteiger partial charge in [-0.05, 0) is 19.3 Å². The summed E-state index contributed by atoms with van der Waals surface area (Å²) in [5, 5.41) is 0. The molecule has 0 aliphatic carbocycles. The second-order valence-electron chi connectivity index (χ2n) is 4.28. The van der Waals surface area contributed by atoms with E-state index in [1.54, 1.807) is 0 Å². The predicted molar refractivity (Wildman–Crippen MR) is 67.5 cm³/mol. The zero-order valence-electron chi connectivity index (χ0n) is 10.0. The lowest BCUT2D eigenvalue weighted by Gasteiger charge is -2.08. The van der Waals surface area contributed by atoms with Crippen LogP contribution in [0.3, 0.4) is 0 Å². The van der Waals surface area contributed by atoms with E-state index in [9.17, 15) is 4.79 Å². The van der Waals surface area contributed by atoms with Crippen LogP contribution in [-0.2, 0) is 4.79 Å². The Morgan fingerprint density at radius 2 is 1.60 bits per heavy atom. The minimum absolute atomic E-state index is 0.259. The molecule has 90 valence electrons. The van der Waals surface area contributed by atoms with Gasteiger partial charge < -0.3 is 4.79 Å². The maximum absolute atomic E-state index is 10.7. The number of aldehydes is 1. The molecule has 1 unspecified atom stereocenters. The molecule has 0 amide bonds. The predicted octanol–water partition coefficient (Wildman–Crippen LogP) is 4.57. The highest BCUT2D eigenvalue weighted by molar-refractivity contribution is 6.17. The molecule has 0 bridgehead atoms. The molecule has 0 aromatic heterocycles. The summed E-state index contributed by atoms with van der Waals surface area (Å²) in [6.45, 7) is 2.23. The van der Waals surface area contributed by atoms with Gasteiger partial charge in [0.15, 0.2) is 0 Å². The van der Waals surface area contributed by atoms with Crippen LogP contribution in [0.15, 0.2) is 0 Å². The lowest BCUT2D eigenvalue weighted by atomic mass is 9.97. The van der Waals surface area contributed by atoms with Crippen molar-refractivity contribution in [2.45, 2.75) is 64.7 Å². The van der Waals surface area contributed by atoms with Gasteiger partial charge in [-0.15, -0.1) is 11.6 Å². The van der Waals surface area contributed by atoms with Crippen LogP contribution in [0.5, 0.6) is 0 Å². The van der Waals surface area contributed by atoms with Gasteiger partial charge in [0.2, 0.25) is 0 Å². The molecule has 0 aliphatic rings. The summed E-state index contributed by atoms with van der Waals surface area (Å²) in [6, 6.07) is 0. The molecule has 0 aromatic carbocycles. The molecule has 0 N–H and O–H groups in total. The van der Waals surface area contributed by atoms with E-state index >= 15 is 0 Å². The lowest BCUT2D eigenvalue weighted by Crippen LogP contribution is -2.02. The maximum atomic E-state index is 10.7. The Kier molecular flexibility index (Phi) is 12.0. The van der Waals surface area contributed by atoms with Crippen LogP contribution in [0.1, 0.15) is 64.7 Å². The van der Waals surface area contributed by atoms with Crippen LogP contribution in [0.25, 0.3) is 0 Å². The Morgan fingerprint density at radius 1 is 1.00 bits per heavy atom. The number of unbranched alkanes of at least 4 members (excludes halogenated alkanes) is 5. The van der Waals surface area contributed by atoms with Crippen LogP contribution in [0.2, 0.25) is 0 Å². The van der Waals surface area contributed by atoms with Crippen LogP contribution in [0.4, 0.5) is 0 Å². The summed E-state index contributed by atoms with van der Waals surface area (Å²) in [4.78, 5) is 10.7. The van der Waals surface area contributed by atoms with Gasteiger partial charge in [-0.2, -0.15) is 0 Å². The second kappa shape index (κ2) is 12.0. The van der Waals surface area contributed by atoms with Crippen molar-refractivity contribution < 1.29 is 4.79 Å². The quantitative estimate of drug-likeness (QED) is 0.290. The molecule has 1 atom stereocenters. The van der Waals surface area contributed by atoms with Crippen LogP contribution in [-0.4, -0.2) is 12.2 Å². The summed E-state index contributed by atoms with van der Waals surface area (Å²) in [6.07, 6.45) is 11.9. The van der Waals surface area contributed by atoms with E-state index < -0.39 is 0 Å². The number of alkyl halides is 1. The van der Waals surface area contributed by atoms with Crippen molar-refractivity contribution in [1.82, 2.24) is 0 Å². The first-order valence-electron chi connectivity index (χ1n) is 6.36. The number of carbonyl (C=O) groups excluding carboxylic acids is 1. The molecular weight excluding hydrogens is 208 g/mol. The molecule has 0 radical (unpaired) electrons. The van der Waals surface area contributed by atoms with Crippen molar-refractivity contribution in [2.75, 3.05) is 5.88 Å². The lowest BCUT2D eigenvalue weighted by molar-refractivity contribution is -0.111. The first-order valence-corrected chi connectivity index (χ1v) is 6.89. The van der Waals surface area contributed by atoms with Gasteiger partial charge in [-0.25, -0.2) is 0 Å². The van der Waals surface area contributed by atoms with Gasteiger partial charge in [0.1, 0.15) is 6.29 Å². The fraction of sp³-hybridized carbons (Fsp3) is 0.923. The van der Waals surface area contributed by atoms with Gasteiger partial charge in [0.05, 0.1) is 0 Å². The summed E-state index contributed by atoms with van der Waals surface area (Å²) >= 11 is 5.61. The minimum atomic E-state index is 0.259. The molecule has 0 saturated carbocycles. The monoisotopic (exact) mass is 232 g/mol. The number of halogens is 1. The van der Waals surface area contributed by atoms with E-state index in [0.29, 0.717) is 5.88 Å². The Hall–Kier alpha value is -0.0400. The Morgan fingerprint density at radius 3 is 2.20 bits per heavy atom. The zero-order chi connectivity index (χ0) is 11.4. The highest BCUT2D eigenvalue weighted by Gasteiger charge is 2.05. The highest BCUT2D eigenvalue weighted by Crippen LogP contribution is 2.15. The molecule has 0 rings (SSSR count). The molecule has 0 spiro atoms. The van der Waals surface area contributed by atoms with Crippen molar-refractivity contribution in [1.29, 1.82) is 0 Å². The molecule has 0 heterocycles. The van der Waals surface area contributed by atoms with E-state index in [1.807, 2.05) is 0 Å². The average Bonchev–Trinajstić information content (AvgIpc) is 2.27. The van der Waals surface area contributed by atoms with Crippen LogP contribution >= 0.6 is 11.6 Å². The molecule has 0 fully saturated rings. The third kappa shape index (κ3) is 10.2. The Bertz CT molecular complexity index is 136. The SMILES string of the molecule is CCCCCCCCC(C=O)CCCCl. The molecule has 0 aromatic rings. The van der Waals surface area contributed by atoms with Crippen molar-refractivity contribution in [3.05, 3.63) is 0 Å². The average molecular weight is 233 g/mol. The number of carbonyl (C=O) groups is 1. The van der Waals surface area contributed by atoms with Crippen LogP contribution < -0.4 is 0 Å². The van der Waals surface area contributed by atoms with Crippen molar-refractivity contribution in [3.63, 3.8) is 0 Å².